The molecule has 0 saturated heterocycles. The second kappa shape index (κ2) is 6.91. The number of nitrogens with zero attached hydrogens (tertiary/aromatic N) is 1. The lowest BCUT2D eigenvalue weighted by atomic mass is 10.1. The van der Waals surface area contributed by atoms with Gasteiger partial charge in [-0.25, -0.2) is 18.4 Å². The maximum atomic E-state index is 13.6. The molecule has 1 aromatic heterocycles. The number of fused-ring (bicyclic) bond motifs is 1. The van der Waals surface area contributed by atoms with E-state index in [0.29, 0.717) is 0 Å². The predicted molar refractivity (Wildman–Crippen MR) is 90.0 cm³/mol. The Morgan fingerprint density at radius 3 is 2.69 bits per heavy atom. The number of carbonyl (C=O) groups is 1. The van der Waals surface area contributed by atoms with E-state index in [1.807, 2.05) is 0 Å². The zero-order valence-corrected chi connectivity index (χ0v) is 13.7. The van der Waals surface area contributed by atoms with Gasteiger partial charge >= 0.3 is 11.7 Å². The van der Waals surface area contributed by atoms with Gasteiger partial charge < -0.3 is 9.72 Å². The van der Waals surface area contributed by atoms with Crippen LogP contribution in [0.5, 0.6) is 0 Å². The highest BCUT2D eigenvalue weighted by Crippen LogP contribution is 2.15. The Morgan fingerprint density at radius 1 is 1.19 bits per heavy atom. The van der Waals surface area contributed by atoms with Gasteiger partial charge in [0.05, 0.1) is 16.5 Å². The Balaban J connectivity index is 1.88. The van der Waals surface area contributed by atoms with Crippen molar-refractivity contribution in [3.63, 3.8) is 0 Å². The average molecular weight is 360 g/mol. The summed E-state index contributed by atoms with van der Waals surface area (Å²) < 4.78 is 32.8. The second-order valence-electron chi connectivity index (χ2n) is 5.53. The summed E-state index contributed by atoms with van der Waals surface area (Å²) in [7, 11) is 0. The highest BCUT2D eigenvalue weighted by molar-refractivity contribution is 5.94. The van der Waals surface area contributed by atoms with Gasteiger partial charge in [-0.1, -0.05) is 12.1 Å². The number of esters is 1. The lowest BCUT2D eigenvalue weighted by Crippen LogP contribution is -2.34. The molecular formula is C18H14F2N2O4. The molecular weight excluding hydrogens is 346 g/mol. The lowest BCUT2D eigenvalue weighted by molar-refractivity contribution is 0.0468. The van der Waals surface area contributed by atoms with Crippen LogP contribution in [0.1, 0.15) is 22.8 Å². The van der Waals surface area contributed by atoms with E-state index in [4.69, 9.17) is 4.74 Å². The number of halogens is 2. The molecule has 2 aromatic carbocycles. The minimum absolute atomic E-state index is 0.0682. The molecule has 8 heteroatoms. The number of carbonyl (C=O) groups excluding carboxylic acids is 1. The smallest absolute Gasteiger partial charge is 0.338 e. The zero-order chi connectivity index (χ0) is 18.8. The molecule has 1 heterocycles. The Hall–Kier alpha value is -3.29. The van der Waals surface area contributed by atoms with Crippen LogP contribution in [0.3, 0.4) is 0 Å². The first-order valence-electron chi connectivity index (χ1n) is 7.79. The summed E-state index contributed by atoms with van der Waals surface area (Å²) in [5, 5.41) is 0.249. The normalized spacial score (nSPS) is 10.9. The van der Waals surface area contributed by atoms with E-state index in [1.165, 1.54) is 30.3 Å². The lowest BCUT2D eigenvalue weighted by Gasteiger charge is -2.08. The number of rotatable bonds is 4. The molecule has 0 aliphatic heterocycles. The SMILES string of the molecule is CCn1c(=O)[nH]c2cc(C(=O)OCc3cccc(F)c3F)ccc2c1=O. The molecule has 0 fully saturated rings. The standard InChI is InChI=1S/C18H14F2N2O4/c1-2-22-16(23)12-7-6-10(8-14(12)21-18(22)25)17(24)26-9-11-4-3-5-13(19)15(11)20/h3-8H,2,9H2,1H3,(H,21,25). The Bertz CT molecular complexity index is 1120. The van der Waals surface area contributed by atoms with Crippen LogP contribution in [-0.4, -0.2) is 15.5 Å². The molecule has 26 heavy (non-hydrogen) atoms. The first kappa shape index (κ1) is 17.5. The number of hydrogen-bond donors (Lipinski definition) is 1. The summed E-state index contributed by atoms with van der Waals surface area (Å²) in [6.45, 7) is 1.43. The van der Waals surface area contributed by atoms with Crippen molar-refractivity contribution in [2.75, 3.05) is 0 Å². The predicted octanol–water partition coefficient (Wildman–Crippen LogP) is 2.34. The highest BCUT2D eigenvalue weighted by atomic mass is 19.2. The Morgan fingerprint density at radius 2 is 1.96 bits per heavy atom. The molecule has 0 spiro atoms. The topological polar surface area (TPSA) is 81.2 Å². The summed E-state index contributed by atoms with van der Waals surface area (Å²) in [6.07, 6.45) is 0. The number of aromatic amines is 1. The molecule has 0 radical (unpaired) electrons. The third-order valence-corrected chi connectivity index (χ3v) is 3.92. The molecule has 0 bridgehead atoms. The van der Waals surface area contributed by atoms with Gasteiger partial charge in [0, 0.05) is 12.1 Å². The summed E-state index contributed by atoms with van der Waals surface area (Å²) >= 11 is 0. The van der Waals surface area contributed by atoms with E-state index in [9.17, 15) is 23.2 Å². The van der Waals surface area contributed by atoms with Crippen molar-refractivity contribution in [1.29, 1.82) is 0 Å². The van der Waals surface area contributed by atoms with Crippen molar-refractivity contribution in [2.45, 2.75) is 20.1 Å². The van der Waals surface area contributed by atoms with Crippen LogP contribution in [0.15, 0.2) is 46.0 Å². The van der Waals surface area contributed by atoms with Crippen LogP contribution in [0.2, 0.25) is 0 Å². The van der Waals surface area contributed by atoms with Crippen molar-refractivity contribution in [3.05, 3.63) is 80.0 Å². The maximum absolute atomic E-state index is 13.6. The van der Waals surface area contributed by atoms with Gasteiger partial charge in [0.25, 0.3) is 5.56 Å². The highest BCUT2D eigenvalue weighted by Gasteiger charge is 2.14. The maximum Gasteiger partial charge on any atom is 0.338 e. The molecule has 1 N–H and O–H groups in total. The molecule has 0 aliphatic carbocycles. The van der Waals surface area contributed by atoms with Crippen LogP contribution < -0.4 is 11.2 Å². The number of nitrogens with one attached hydrogen (secondary N) is 1. The third kappa shape index (κ3) is 3.13. The molecule has 6 nitrogen and oxygen atoms in total. The summed E-state index contributed by atoms with van der Waals surface area (Å²) in [5.41, 5.74) is -0.890. The third-order valence-electron chi connectivity index (χ3n) is 3.92. The number of benzene rings is 2. The van der Waals surface area contributed by atoms with Crippen LogP contribution >= 0.6 is 0 Å². The fourth-order valence-corrected chi connectivity index (χ4v) is 2.56. The molecule has 3 aromatic rings. The summed E-state index contributed by atoms with van der Waals surface area (Å²) in [6, 6.07) is 7.65. The van der Waals surface area contributed by atoms with Crippen LogP contribution in [0.4, 0.5) is 8.78 Å². The Kier molecular flexibility index (Phi) is 4.66. The number of hydrogen-bond acceptors (Lipinski definition) is 4. The molecule has 0 amide bonds. The fourth-order valence-electron chi connectivity index (χ4n) is 2.56. The van der Waals surface area contributed by atoms with E-state index in [0.717, 1.165) is 10.6 Å². The summed E-state index contributed by atoms with van der Waals surface area (Å²) in [5.74, 6) is -2.91. The van der Waals surface area contributed by atoms with Crippen LogP contribution in [0.25, 0.3) is 10.9 Å². The van der Waals surface area contributed by atoms with E-state index >= 15 is 0 Å². The average Bonchev–Trinajstić information content (AvgIpc) is 2.62. The minimum atomic E-state index is -1.08. The molecule has 0 saturated carbocycles. The second-order valence-corrected chi connectivity index (χ2v) is 5.53. The van der Waals surface area contributed by atoms with Gasteiger partial charge in [-0.3, -0.25) is 9.36 Å². The van der Waals surface area contributed by atoms with Gasteiger partial charge in [-0.15, -0.1) is 0 Å². The molecule has 134 valence electrons. The van der Waals surface area contributed by atoms with Gasteiger partial charge in [0.2, 0.25) is 0 Å². The number of aromatic nitrogens is 2. The van der Waals surface area contributed by atoms with E-state index in [1.54, 1.807) is 6.92 Å². The van der Waals surface area contributed by atoms with E-state index in [2.05, 4.69) is 4.98 Å². The van der Waals surface area contributed by atoms with Crippen molar-refractivity contribution in [2.24, 2.45) is 0 Å². The van der Waals surface area contributed by atoms with Gasteiger partial charge in [-0.2, -0.15) is 0 Å². The molecule has 0 atom stereocenters. The zero-order valence-electron chi connectivity index (χ0n) is 13.7. The van der Waals surface area contributed by atoms with E-state index < -0.39 is 35.5 Å². The van der Waals surface area contributed by atoms with Crippen LogP contribution in [-0.2, 0) is 17.9 Å². The largest absolute Gasteiger partial charge is 0.457 e. The van der Waals surface area contributed by atoms with Crippen LogP contribution in [0, 0.1) is 11.6 Å². The van der Waals surface area contributed by atoms with Gasteiger partial charge in [0.1, 0.15) is 6.61 Å². The molecule has 0 unspecified atom stereocenters. The minimum Gasteiger partial charge on any atom is -0.457 e. The monoisotopic (exact) mass is 360 g/mol. The molecule has 0 aliphatic rings. The van der Waals surface area contributed by atoms with Crippen molar-refractivity contribution in [1.82, 2.24) is 9.55 Å². The number of ether oxygens (including phenoxy) is 1. The van der Waals surface area contributed by atoms with Gasteiger partial charge in [-0.05, 0) is 31.2 Å². The quantitative estimate of drug-likeness (QED) is 0.724. The van der Waals surface area contributed by atoms with Crippen molar-refractivity contribution in [3.8, 4) is 0 Å². The van der Waals surface area contributed by atoms with Crippen molar-refractivity contribution < 1.29 is 18.3 Å². The summed E-state index contributed by atoms with van der Waals surface area (Å²) in [4.78, 5) is 38.7. The Labute approximate surface area is 145 Å². The first-order chi connectivity index (χ1) is 12.4. The van der Waals surface area contributed by atoms with Crippen molar-refractivity contribution >= 4 is 16.9 Å². The first-order valence-corrected chi connectivity index (χ1v) is 7.79. The molecule has 3 rings (SSSR count). The fraction of sp³-hybridized carbons (Fsp3) is 0.167. The van der Waals surface area contributed by atoms with E-state index in [-0.39, 0.29) is 28.6 Å². The van der Waals surface area contributed by atoms with Gasteiger partial charge in [0.15, 0.2) is 11.6 Å². The number of H-pyrrole nitrogens is 1.